The van der Waals surface area contributed by atoms with Crippen molar-refractivity contribution in [2.45, 2.75) is 32.6 Å². The maximum absolute atomic E-state index is 12.1. The molecular weight excluding hydrogens is 276 g/mol. The number of nitrogens with zero attached hydrogens (tertiary/aromatic N) is 1. The molecule has 0 aliphatic carbocycles. The van der Waals surface area contributed by atoms with Crippen LogP contribution in [0.4, 0.5) is 5.69 Å². The minimum absolute atomic E-state index is 0.150. The molecule has 4 heteroatoms. The Hall–Kier alpha value is -2.36. The lowest BCUT2D eigenvalue weighted by Gasteiger charge is -2.09. The first kappa shape index (κ1) is 16.0. The lowest BCUT2D eigenvalue weighted by Crippen LogP contribution is -2.11. The highest BCUT2D eigenvalue weighted by atomic mass is 16.5. The highest BCUT2D eigenvalue weighted by molar-refractivity contribution is 6.04. The number of benzene rings is 1. The Kier molecular flexibility index (Phi) is 6.42. The van der Waals surface area contributed by atoms with Gasteiger partial charge in [0.05, 0.1) is 6.61 Å². The van der Waals surface area contributed by atoms with Crippen LogP contribution in [-0.2, 0) is 0 Å². The minimum atomic E-state index is -0.150. The average Bonchev–Trinajstić information content (AvgIpc) is 2.56. The zero-order chi connectivity index (χ0) is 15.6. The Morgan fingerprint density at radius 1 is 1.14 bits per heavy atom. The molecule has 1 amide bonds. The zero-order valence-corrected chi connectivity index (χ0v) is 12.9. The summed E-state index contributed by atoms with van der Waals surface area (Å²) in [6.07, 6.45) is 7.91. The van der Waals surface area contributed by atoms with Crippen molar-refractivity contribution in [3.63, 3.8) is 0 Å². The molecule has 1 aromatic carbocycles. The van der Waals surface area contributed by atoms with Gasteiger partial charge in [-0.25, -0.2) is 0 Å². The van der Waals surface area contributed by atoms with Gasteiger partial charge in [0.2, 0.25) is 0 Å². The van der Waals surface area contributed by atoms with Gasteiger partial charge in [-0.1, -0.05) is 32.3 Å². The number of hydrogen-bond donors (Lipinski definition) is 1. The lowest BCUT2D eigenvalue weighted by atomic mass is 10.2. The van der Waals surface area contributed by atoms with E-state index in [9.17, 15) is 4.79 Å². The summed E-state index contributed by atoms with van der Waals surface area (Å²) in [6.45, 7) is 2.90. The zero-order valence-electron chi connectivity index (χ0n) is 12.9. The molecule has 116 valence electrons. The van der Waals surface area contributed by atoms with Gasteiger partial charge < -0.3 is 10.1 Å². The van der Waals surface area contributed by atoms with Crippen LogP contribution in [0, 0.1) is 0 Å². The average molecular weight is 298 g/mol. The van der Waals surface area contributed by atoms with Crippen LogP contribution < -0.4 is 10.1 Å². The molecule has 0 unspecified atom stereocenters. The van der Waals surface area contributed by atoms with Gasteiger partial charge in [-0.15, -0.1) is 0 Å². The number of pyridine rings is 1. The number of nitrogens with one attached hydrogen (secondary N) is 1. The van der Waals surface area contributed by atoms with Crippen molar-refractivity contribution in [3.05, 3.63) is 54.4 Å². The Morgan fingerprint density at radius 2 is 1.95 bits per heavy atom. The van der Waals surface area contributed by atoms with E-state index in [0.717, 1.165) is 17.9 Å². The molecule has 1 N–H and O–H groups in total. The molecule has 0 saturated carbocycles. The third-order valence-corrected chi connectivity index (χ3v) is 3.30. The lowest BCUT2D eigenvalue weighted by molar-refractivity contribution is 0.102. The van der Waals surface area contributed by atoms with Crippen LogP contribution in [0.15, 0.2) is 48.8 Å². The molecule has 22 heavy (non-hydrogen) atoms. The molecule has 0 atom stereocenters. The molecule has 1 heterocycles. The molecule has 0 aliphatic rings. The third kappa shape index (κ3) is 5.20. The number of unbranched alkanes of at least 4 members (excludes halogenated alkanes) is 3. The Morgan fingerprint density at radius 3 is 2.73 bits per heavy atom. The van der Waals surface area contributed by atoms with Crippen molar-refractivity contribution in [2.75, 3.05) is 11.9 Å². The SMILES string of the molecule is CCCCCCOc1cccc(NC(=O)c2ccncc2)c1. The summed E-state index contributed by atoms with van der Waals surface area (Å²) in [4.78, 5) is 16.0. The summed E-state index contributed by atoms with van der Waals surface area (Å²) in [7, 11) is 0. The maximum Gasteiger partial charge on any atom is 0.255 e. The summed E-state index contributed by atoms with van der Waals surface area (Å²) in [5.74, 6) is 0.631. The fourth-order valence-electron chi connectivity index (χ4n) is 2.09. The first-order valence-electron chi connectivity index (χ1n) is 7.74. The first-order valence-corrected chi connectivity index (χ1v) is 7.74. The van der Waals surface area contributed by atoms with Crippen molar-refractivity contribution >= 4 is 11.6 Å². The molecule has 0 fully saturated rings. The van der Waals surface area contributed by atoms with Gasteiger partial charge in [0.25, 0.3) is 5.91 Å². The topological polar surface area (TPSA) is 51.2 Å². The fraction of sp³-hybridized carbons (Fsp3) is 0.333. The summed E-state index contributed by atoms with van der Waals surface area (Å²) < 4.78 is 5.72. The van der Waals surface area contributed by atoms with Gasteiger partial charge >= 0.3 is 0 Å². The number of ether oxygens (including phenoxy) is 1. The van der Waals surface area contributed by atoms with Crippen molar-refractivity contribution in [1.82, 2.24) is 4.98 Å². The van der Waals surface area contributed by atoms with E-state index in [4.69, 9.17) is 4.74 Å². The Bertz CT molecular complexity index is 585. The summed E-state index contributed by atoms with van der Waals surface area (Å²) >= 11 is 0. The predicted molar refractivity (Wildman–Crippen MR) is 88.3 cm³/mol. The number of aromatic nitrogens is 1. The van der Waals surface area contributed by atoms with Gasteiger partial charge in [0, 0.05) is 29.7 Å². The molecule has 0 saturated heterocycles. The van der Waals surface area contributed by atoms with Crippen molar-refractivity contribution in [1.29, 1.82) is 0 Å². The standard InChI is InChI=1S/C18H22N2O2/c1-2-3-4-5-13-22-17-8-6-7-16(14-17)20-18(21)15-9-11-19-12-10-15/h6-12,14H,2-5,13H2,1H3,(H,20,21). The molecule has 0 radical (unpaired) electrons. The normalized spacial score (nSPS) is 10.2. The number of rotatable bonds is 8. The molecule has 4 nitrogen and oxygen atoms in total. The van der Waals surface area contributed by atoms with Crippen LogP contribution in [0.2, 0.25) is 0 Å². The summed E-state index contributed by atoms with van der Waals surface area (Å²) in [6, 6.07) is 10.8. The Balaban J connectivity index is 1.87. The van der Waals surface area contributed by atoms with Gasteiger partial charge in [-0.3, -0.25) is 9.78 Å². The minimum Gasteiger partial charge on any atom is -0.494 e. The molecule has 1 aromatic heterocycles. The van der Waals surface area contributed by atoms with Crippen LogP contribution in [0.3, 0.4) is 0 Å². The number of amides is 1. The molecule has 0 aliphatic heterocycles. The second kappa shape index (κ2) is 8.82. The highest BCUT2D eigenvalue weighted by Gasteiger charge is 2.06. The molecule has 2 aromatic rings. The van der Waals surface area contributed by atoms with E-state index < -0.39 is 0 Å². The van der Waals surface area contributed by atoms with Crippen LogP contribution in [0.1, 0.15) is 43.0 Å². The molecular formula is C18H22N2O2. The number of carbonyl (C=O) groups is 1. The smallest absolute Gasteiger partial charge is 0.255 e. The van der Waals surface area contributed by atoms with E-state index in [1.165, 1.54) is 19.3 Å². The van der Waals surface area contributed by atoms with Gasteiger partial charge in [-0.05, 0) is 30.7 Å². The number of carbonyl (C=O) groups excluding carboxylic acids is 1. The molecule has 2 rings (SSSR count). The molecule has 0 bridgehead atoms. The largest absolute Gasteiger partial charge is 0.494 e. The highest BCUT2D eigenvalue weighted by Crippen LogP contribution is 2.18. The van der Waals surface area contributed by atoms with Crippen LogP contribution in [0.25, 0.3) is 0 Å². The van der Waals surface area contributed by atoms with E-state index in [1.54, 1.807) is 24.5 Å². The Labute approximate surface area is 131 Å². The molecule has 0 spiro atoms. The van der Waals surface area contributed by atoms with Gasteiger partial charge in [0.15, 0.2) is 0 Å². The fourth-order valence-corrected chi connectivity index (χ4v) is 2.09. The maximum atomic E-state index is 12.1. The third-order valence-electron chi connectivity index (χ3n) is 3.30. The monoisotopic (exact) mass is 298 g/mol. The summed E-state index contributed by atoms with van der Waals surface area (Å²) in [5.41, 5.74) is 1.31. The van der Waals surface area contributed by atoms with Gasteiger partial charge in [-0.2, -0.15) is 0 Å². The van der Waals surface area contributed by atoms with E-state index in [2.05, 4.69) is 17.2 Å². The predicted octanol–water partition coefficient (Wildman–Crippen LogP) is 4.29. The number of hydrogen-bond acceptors (Lipinski definition) is 3. The van der Waals surface area contributed by atoms with E-state index in [1.807, 2.05) is 24.3 Å². The second-order valence-electron chi connectivity index (χ2n) is 5.13. The van der Waals surface area contributed by atoms with Gasteiger partial charge in [0.1, 0.15) is 5.75 Å². The summed E-state index contributed by atoms with van der Waals surface area (Å²) in [5, 5.41) is 2.86. The van der Waals surface area contributed by atoms with E-state index >= 15 is 0 Å². The van der Waals surface area contributed by atoms with E-state index in [0.29, 0.717) is 12.2 Å². The van der Waals surface area contributed by atoms with Crippen LogP contribution in [0.5, 0.6) is 5.75 Å². The van der Waals surface area contributed by atoms with Crippen LogP contribution in [-0.4, -0.2) is 17.5 Å². The number of anilines is 1. The second-order valence-corrected chi connectivity index (χ2v) is 5.13. The van der Waals surface area contributed by atoms with Crippen molar-refractivity contribution in [2.24, 2.45) is 0 Å². The quantitative estimate of drug-likeness (QED) is 0.739. The van der Waals surface area contributed by atoms with Crippen molar-refractivity contribution < 1.29 is 9.53 Å². The first-order chi connectivity index (χ1) is 10.8. The van der Waals surface area contributed by atoms with E-state index in [-0.39, 0.29) is 5.91 Å². The van der Waals surface area contributed by atoms with Crippen LogP contribution >= 0.6 is 0 Å². The van der Waals surface area contributed by atoms with Crippen molar-refractivity contribution in [3.8, 4) is 5.75 Å².